The van der Waals surface area contributed by atoms with Gasteiger partial charge in [0.15, 0.2) is 0 Å². The van der Waals surface area contributed by atoms with Crippen LogP contribution in [0.15, 0.2) is 0 Å². The molecule has 0 aromatic heterocycles. The van der Waals surface area contributed by atoms with Crippen molar-refractivity contribution in [3.63, 3.8) is 0 Å². The summed E-state index contributed by atoms with van der Waals surface area (Å²) in [5.74, 6) is -2.87. The molecule has 0 aliphatic carbocycles. The topological polar surface area (TPSA) is 102 Å². The zero-order valence-electron chi connectivity index (χ0n) is 13.8. The number of ketones is 6. The van der Waals surface area contributed by atoms with E-state index in [4.69, 9.17) is 0 Å². The minimum absolute atomic E-state index is 0.478. The molecule has 7 heteroatoms. The molecule has 0 amide bonds. The van der Waals surface area contributed by atoms with Crippen molar-refractivity contribution in [3.8, 4) is 0 Å². The van der Waals surface area contributed by atoms with Gasteiger partial charge in [0.05, 0.1) is 0 Å². The average molecular weight is 412 g/mol. The molecule has 0 saturated heterocycles. The van der Waals surface area contributed by atoms with Crippen LogP contribution in [0.5, 0.6) is 0 Å². The Balaban J connectivity index is 6.39. The Bertz CT molecular complexity index is 418. The maximum atomic E-state index is 11.9. The van der Waals surface area contributed by atoms with Gasteiger partial charge in [0.1, 0.15) is 0 Å². The average Bonchev–Trinajstić information content (AvgIpc) is 2.24. The molecular formula is C15H21InO6. The van der Waals surface area contributed by atoms with E-state index < -0.39 is 67.2 Å². The van der Waals surface area contributed by atoms with Crippen LogP contribution in [0.25, 0.3) is 0 Å². The first-order valence-electron chi connectivity index (χ1n) is 6.96. The van der Waals surface area contributed by atoms with Crippen molar-refractivity contribution in [1.82, 2.24) is 0 Å². The van der Waals surface area contributed by atoms with Crippen LogP contribution in [-0.4, -0.2) is 56.1 Å². The molecule has 0 rings (SSSR count). The third-order valence-electron chi connectivity index (χ3n) is 3.78. The Morgan fingerprint density at radius 3 is 0.682 bits per heavy atom. The van der Waals surface area contributed by atoms with Crippen LogP contribution in [0.2, 0.25) is 11.0 Å². The van der Waals surface area contributed by atoms with Crippen LogP contribution in [0.3, 0.4) is 0 Å². The predicted octanol–water partition coefficient (Wildman–Crippen LogP) is 1.13. The van der Waals surface area contributed by atoms with Crippen molar-refractivity contribution in [3.05, 3.63) is 0 Å². The number of Topliss-reactive ketones (excluding diaryl/α,β-unsaturated/α-hetero) is 6. The Kier molecular flexibility index (Phi) is 8.07. The van der Waals surface area contributed by atoms with Gasteiger partial charge >= 0.3 is 137 Å². The molecule has 6 nitrogen and oxygen atoms in total. The van der Waals surface area contributed by atoms with Crippen molar-refractivity contribution in [2.75, 3.05) is 0 Å². The van der Waals surface area contributed by atoms with E-state index in [1.807, 2.05) is 0 Å². The van der Waals surface area contributed by atoms with Crippen LogP contribution < -0.4 is 0 Å². The Morgan fingerprint density at radius 1 is 0.455 bits per heavy atom. The summed E-state index contributed by atoms with van der Waals surface area (Å²) in [6.07, 6.45) is 0. The molecule has 0 bridgehead atoms. The van der Waals surface area contributed by atoms with Gasteiger partial charge in [0, 0.05) is 0 Å². The molecule has 120 valence electrons. The van der Waals surface area contributed by atoms with Gasteiger partial charge in [-0.3, -0.25) is 0 Å². The molecule has 0 atom stereocenters. The third-order valence-corrected chi connectivity index (χ3v) is 18.4. The molecule has 0 N–H and O–H groups in total. The zero-order chi connectivity index (χ0) is 17.8. The molecule has 22 heavy (non-hydrogen) atoms. The summed E-state index contributed by atoms with van der Waals surface area (Å²) in [5, 5.41) is 0. The second-order valence-corrected chi connectivity index (χ2v) is 14.7. The molecule has 0 spiro atoms. The molecule has 0 aromatic rings. The fourth-order valence-electron chi connectivity index (χ4n) is 3.06. The summed E-state index contributed by atoms with van der Waals surface area (Å²) in [7, 11) is 0. The number of hydrogen-bond acceptors (Lipinski definition) is 6. The van der Waals surface area contributed by atoms with Gasteiger partial charge in [0.25, 0.3) is 0 Å². The molecule has 0 aliphatic rings. The first-order chi connectivity index (χ1) is 9.93. The Morgan fingerprint density at radius 2 is 0.591 bits per heavy atom. The summed E-state index contributed by atoms with van der Waals surface area (Å²) in [4.78, 5) is 71.5. The first kappa shape index (κ1) is 20.9. The van der Waals surface area contributed by atoms with E-state index in [1.54, 1.807) is 0 Å². The van der Waals surface area contributed by atoms with E-state index in [-0.39, 0.29) is 0 Å². The summed E-state index contributed by atoms with van der Waals surface area (Å²) in [6.45, 7) is 7.19. The molecule has 0 aromatic carbocycles. The van der Waals surface area contributed by atoms with Crippen LogP contribution in [0, 0.1) is 0 Å². The van der Waals surface area contributed by atoms with Crippen molar-refractivity contribution >= 4 is 56.1 Å². The quantitative estimate of drug-likeness (QED) is 0.526. The van der Waals surface area contributed by atoms with Gasteiger partial charge in [-0.15, -0.1) is 0 Å². The van der Waals surface area contributed by atoms with E-state index in [2.05, 4.69) is 0 Å². The summed E-state index contributed by atoms with van der Waals surface area (Å²) >= 11 is -3.92. The van der Waals surface area contributed by atoms with Crippen molar-refractivity contribution in [1.29, 1.82) is 0 Å². The van der Waals surface area contributed by atoms with E-state index >= 15 is 0 Å². The van der Waals surface area contributed by atoms with Gasteiger partial charge in [-0.25, -0.2) is 0 Å². The predicted molar refractivity (Wildman–Crippen MR) is 81.1 cm³/mol. The molecule has 0 fully saturated rings. The Labute approximate surface area is 137 Å². The molecule has 0 unspecified atom stereocenters. The normalized spacial score (nSPS) is 10.8. The zero-order valence-corrected chi connectivity index (χ0v) is 17.1. The van der Waals surface area contributed by atoms with Crippen LogP contribution in [-0.2, 0) is 28.8 Å². The summed E-state index contributed by atoms with van der Waals surface area (Å²) in [6, 6.07) is 0. The van der Waals surface area contributed by atoms with E-state index in [0.29, 0.717) is 0 Å². The number of hydrogen-bond donors (Lipinski definition) is 0. The SMILES string of the molecule is CC(=O)[CH](C(C)=O)[In]([CH](C(C)=O)C(C)=O)[CH](C(C)=O)C(C)=O. The minimum atomic E-state index is -3.92. The molecule has 0 radical (unpaired) electrons. The first-order valence-corrected chi connectivity index (χ1v) is 12.7. The fraction of sp³-hybridized carbons (Fsp3) is 0.600. The summed E-state index contributed by atoms with van der Waals surface area (Å²) < 4.78 is -3.38. The standard InChI is InChI=1S/3C5H7O2.In/c3*1-4(6)3-5(2)7;/h3*3H,1-2H3;. The van der Waals surface area contributed by atoms with E-state index in [0.717, 1.165) is 0 Å². The second kappa shape index (κ2) is 8.50. The van der Waals surface area contributed by atoms with Crippen LogP contribution >= 0.6 is 0 Å². The van der Waals surface area contributed by atoms with Gasteiger partial charge < -0.3 is 0 Å². The number of carbonyl (C=O) groups excluding carboxylic acids is 6. The molecule has 0 saturated carbocycles. The van der Waals surface area contributed by atoms with Gasteiger partial charge in [-0.05, 0) is 0 Å². The van der Waals surface area contributed by atoms with Gasteiger partial charge in [-0.2, -0.15) is 0 Å². The van der Waals surface area contributed by atoms with Crippen molar-refractivity contribution < 1.29 is 28.8 Å². The van der Waals surface area contributed by atoms with Crippen LogP contribution in [0.1, 0.15) is 41.5 Å². The monoisotopic (exact) mass is 412 g/mol. The maximum absolute atomic E-state index is 11.9. The Hall–Kier alpha value is -1.11. The van der Waals surface area contributed by atoms with E-state index in [1.165, 1.54) is 41.5 Å². The second-order valence-electron chi connectivity index (χ2n) is 5.67. The number of rotatable bonds is 9. The number of carbonyl (C=O) groups is 6. The van der Waals surface area contributed by atoms with Gasteiger partial charge in [-0.1, -0.05) is 0 Å². The van der Waals surface area contributed by atoms with Crippen molar-refractivity contribution in [2.24, 2.45) is 0 Å². The van der Waals surface area contributed by atoms with E-state index in [9.17, 15) is 28.8 Å². The summed E-state index contributed by atoms with van der Waals surface area (Å²) in [5.41, 5.74) is 0. The third kappa shape index (κ3) is 4.97. The molecule has 0 heterocycles. The van der Waals surface area contributed by atoms with Crippen LogP contribution in [0.4, 0.5) is 0 Å². The molecule has 0 aliphatic heterocycles. The van der Waals surface area contributed by atoms with Gasteiger partial charge in [0.2, 0.25) is 0 Å². The fourth-order valence-corrected chi connectivity index (χ4v) is 15.6. The molecular weight excluding hydrogens is 391 g/mol. The van der Waals surface area contributed by atoms with Crippen molar-refractivity contribution in [2.45, 2.75) is 52.6 Å².